The van der Waals surface area contributed by atoms with Gasteiger partial charge in [0.25, 0.3) is 0 Å². The minimum absolute atomic E-state index is 0.880. The van der Waals surface area contributed by atoms with Crippen molar-refractivity contribution in [3.63, 3.8) is 0 Å². The zero-order valence-corrected chi connectivity index (χ0v) is 14.6. The maximum atomic E-state index is 3.02. The van der Waals surface area contributed by atoms with E-state index in [1.807, 2.05) is 0 Å². The van der Waals surface area contributed by atoms with E-state index in [0.717, 1.165) is 24.0 Å². The Labute approximate surface area is 137 Å². The molecule has 22 heavy (non-hydrogen) atoms. The Hall–Kier alpha value is -0.120. The highest BCUT2D eigenvalue weighted by atomic mass is 15.3. The smallest absolute Gasteiger partial charge is 0.0283 e. The average molecular weight is 306 g/mol. The molecule has 0 radical (unpaired) electrons. The minimum Gasteiger partial charge on any atom is -0.306 e. The molecular weight excluding hydrogens is 270 g/mol. The number of fused-ring (bicyclic) bond motifs is 1. The second-order valence-electron chi connectivity index (χ2n) is 8.41. The van der Waals surface area contributed by atoms with Crippen LogP contribution < -0.4 is 0 Å². The number of piperazine rings is 1. The summed E-state index contributed by atoms with van der Waals surface area (Å²) < 4.78 is 0. The molecule has 0 bridgehead atoms. The standard InChI is InChI=1S/C19H35N3/c1-20-12-9-17(10-13-20)22-15-14-21-11-5-8-18(21)19(22)16-6-3-2-4-7-16/h16-19H,2-15H2,1H3/t18-,19-/m1/s1. The fourth-order valence-electron chi connectivity index (χ4n) is 5.94. The summed E-state index contributed by atoms with van der Waals surface area (Å²) in [4.78, 5) is 8.40. The van der Waals surface area contributed by atoms with Gasteiger partial charge in [0.1, 0.15) is 0 Å². The van der Waals surface area contributed by atoms with Gasteiger partial charge in [-0.3, -0.25) is 9.80 Å². The van der Waals surface area contributed by atoms with Gasteiger partial charge in [-0.1, -0.05) is 19.3 Å². The van der Waals surface area contributed by atoms with E-state index < -0.39 is 0 Å². The van der Waals surface area contributed by atoms with Crippen molar-refractivity contribution in [3.8, 4) is 0 Å². The second-order valence-corrected chi connectivity index (χ2v) is 8.41. The molecule has 3 aliphatic heterocycles. The van der Waals surface area contributed by atoms with E-state index in [1.54, 1.807) is 0 Å². The summed E-state index contributed by atoms with van der Waals surface area (Å²) in [5.74, 6) is 0.999. The fourth-order valence-corrected chi connectivity index (χ4v) is 5.94. The molecule has 3 heteroatoms. The lowest BCUT2D eigenvalue weighted by Gasteiger charge is -2.53. The molecule has 0 aromatic rings. The van der Waals surface area contributed by atoms with Gasteiger partial charge in [0, 0.05) is 31.2 Å². The van der Waals surface area contributed by atoms with Crippen molar-refractivity contribution in [2.75, 3.05) is 39.8 Å². The summed E-state index contributed by atoms with van der Waals surface area (Å²) in [6.07, 6.45) is 13.3. The van der Waals surface area contributed by atoms with Crippen LogP contribution in [0.5, 0.6) is 0 Å². The molecule has 0 amide bonds. The van der Waals surface area contributed by atoms with E-state index in [4.69, 9.17) is 0 Å². The highest BCUT2D eigenvalue weighted by Crippen LogP contribution is 2.39. The van der Waals surface area contributed by atoms with Crippen LogP contribution in [0.15, 0.2) is 0 Å². The minimum atomic E-state index is 0.880. The van der Waals surface area contributed by atoms with Crippen molar-refractivity contribution in [1.29, 1.82) is 0 Å². The van der Waals surface area contributed by atoms with Crippen LogP contribution in [0.1, 0.15) is 57.8 Å². The third-order valence-electron chi connectivity index (χ3n) is 7.13. The van der Waals surface area contributed by atoms with Gasteiger partial charge < -0.3 is 4.90 Å². The molecule has 0 spiro atoms. The third-order valence-corrected chi connectivity index (χ3v) is 7.13. The first kappa shape index (κ1) is 15.4. The van der Waals surface area contributed by atoms with Gasteiger partial charge in [-0.25, -0.2) is 0 Å². The number of nitrogens with zero attached hydrogens (tertiary/aromatic N) is 3. The van der Waals surface area contributed by atoms with Gasteiger partial charge in [0.05, 0.1) is 0 Å². The molecule has 3 heterocycles. The first-order valence-electron chi connectivity index (χ1n) is 10.0. The van der Waals surface area contributed by atoms with Crippen LogP contribution in [0.2, 0.25) is 0 Å². The Balaban J connectivity index is 1.52. The Kier molecular flexibility index (Phi) is 4.75. The molecule has 3 nitrogen and oxygen atoms in total. The first-order chi connectivity index (χ1) is 10.8. The van der Waals surface area contributed by atoms with Gasteiger partial charge in [0.2, 0.25) is 0 Å². The molecule has 2 atom stereocenters. The SMILES string of the molecule is CN1CCC(N2CCN3CCC[C@@H]3[C@H]2C2CCCCC2)CC1. The predicted molar refractivity (Wildman–Crippen MR) is 92.2 cm³/mol. The van der Waals surface area contributed by atoms with Crippen molar-refractivity contribution >= 4 is 0 Å². The zero-order valence-electron chi connectivity index (χ0n) is 14.6. The number of hydrogen-bond acceptors (Lipinski definition) is 3. The third kappa shape index (κ3) is 2.97. The van der Waals surface area contributed by atoms with Crippen molar-refractivity contribution in [2.24, 2.45) is 5.92 Å². The molecule has 4 aliphatic rings. The lowest BCUT2D eigenvalue weighted by Crippen LogP contribution is -2.63. The first-order valence-corrected chi connectivity index (χ1v) is 10.0. The maximum absolute atomic E-state index is 3.02. The predicted octanol–water partition coefficient (Wildman–Crippen LogP) is 2.81. The van der Waals surface area contributed by atoms with Gasteiger partial charge in [-0.05, 0) is 71.1 Å². The molecule has 1 aliphatic carbocycles. The lowest BCUT2D eigenvalue weighted by molar-refractivity contribution is -0.0372. The van der Waals surface area contributed by atoms with Crippen LogP contribution in [0, 0.1) is 5.92 Å². The molecule has 4 fully saturated rings. The van der Waals surface area contributed by atoms with Crippen LogP contribution >= 0.6 is 0 Å². The van der Waals surface area contributed by atoms with Crippen LogP contribution in [0.4, 0.5) is 0 Å². The fraction of sp³-hybridized carbons (Fsp3) is 1.00. The maximum Gasteiger partial charge on any atom is 0.0283 e. The molecule has 0 aromatic heterocycles. The highest BCUT2D eigenvalue weighted by molar-refractivity contribution is 5.01. The monoisotopic (exact) mass is 305 g/mol. The summed E-state index contributed by atoms with van der Waals surface area (Å²) >= 11 is 0. The quantitative estimate of drug-likeness (QED) is 0.777. The summed E-state index contributed by atoms with van der Waals surface area (Å²) in [5.41, 5.74) is 0. The number of rotatable bonds is 2. The molecule has 0 aromatic carbocycles. The van der Waals surface area contributed by atoms with E-state index in [0.29, 0.717) is 0 Å². The highest BCUT2D eigenvalue weighted by Gasteiger charge is 2.45. The van der Waals surface area contributed by atoms with Gasteiger partial charge in [-0.15, -0.1) is 0 Å². The summed E-state index contributed by atoms with van der Waals surface area (Å²) in [7, 11) is 2.30. The largest absolute Gasteiger partial charge is 0.306 e. The van der Waals surface area contributed by atoms with Crippen LogP contribution in [-0.4, -0.2) is 72.6 Å². The van der Waals surface area contributed by atoms with Crippen LogP contribution in [-0.2, 0) is 0 Å². The van der Waals surface area contributed by atoms with E-state index in [9.17, 15) is 0 Å². The molecule has 0 N–H and O–H groups in total. The van der Waals surface area contributed by atoms with E-state index in [-0.39, 0.29) is 0 Å². The Bertz CT molecular complexity index is 358. The zero-order chi connectivity index (χ0) is 14.9. The number of hydrogen-bond donors (Lipinski definition) is 0. The second kappa shape index (κ2) is 6.78. The molecule has 4 rings (SSSR count). The van der Waals surface area contributed by atoms with Crippen molar-refractivity contribution in [1.82, 2.24) is 14.7 Å². The average Bonchev–Trinajstić information content (AvgIpc) is 3.04. The molecule has 1 saturated carbocycles. The molecule has 0 unspecified atom stereocenters. The summed E-state index contributed by atoms with van der Waals surface area (Å²) in [6, 6.07) is 2.67. The van der Waals surface area contributed by atoms with Crippen molar-refractivity contribution < 1.29 is 0 Å². The van der Waals surface area contributed by atoms with E-state index >= 15 is 0 Å². The number of likely N-dealkylation sites (tertiary alicyclic amines) is 1. The van der Waals surface area contributed by atoms with Gasteiger partial charge in [-0.2, -0.15) is 0 Å². The van der Waals surface area contributed by atoms with Gasteiger partial charge in [0.15, 0.2) is 0 Å². The van der Waals surface area contributed by atoms with E-state index in [2.05, 4.69) is 21.7 Å². The Morgan fingerprint density at radius 3 is 2.23 bits per heavy atom. The lowest BCUT2D eigenvalue weighted by atomic mass is 9.78. The van der Waals surface area contributed by atoms with Crippen molar-refractivity contribution in [3.05, 3.63) is 0 Å². The molecular formula is C19H35N3. The molecule has 3 saturated heterocycles. The Morgan fingerprint density at radius 1 is 0.682 bits per heavy atom. The normalized spacial score (nSPS) is 37.5. The summed E-state index contributed by atoms with van der Waals surface area (Å²) in [5, 5.41) is 0. The summed E-state index contributed by atoms with van der Waals surface area (Å²) in [6.45, 7) is 6.71. The van der Waals surface area contributed by atoms with E-state index in [1.165, 1.54) is 90.5 Å². The topological polar surface area (TPSA) is 9.72 Å². The number of piperidine rings is 1. The van der Waals surface area contributed by atoms with Crippen LogP contribution in [0.3, 0.4) is 0 Å². The van der Waals surface area contributed by atoms with Crippen LogP contribution in [0.25, 0.3) is 0 Å². The molecule has 126 valence electrons. The van der Waals surface area contributed by atoms with Crippen molar-refractivity contribution in [2.45, 2.75) is 75.9 Å². The van der Waals surface area contributed by atoms with Gasteiger partial charge >= 0.3 is 0 Å². The Morgan fingerprint density at radius 2 is 1.45 bits per heavy atom.